The molecular formula is C16H17NO5. The van der Waals surface area contributed by atoms with E-state index in [2.05, 4.69) is 4.98 Å². The molecule has 0 bridgehead atoms. The average molecular weight is 303 g/mol. The highest BCUT2D eigenvalue weighted by Crippen LogP contribution is 2.01. The van der Waals surface area contributed by atoms with Gasteiger partial charge >= 0.3 is 11.9 Å². The van der Waals surface area contributed by atoms with Crippen LogP contribution in [-0.4, -0.2) is 33.2 Å². The number of benzene rings is 1. The Balaban J connectivity index is 0.000000235. The lowest BCUT2D eigenvalue weighted by molar-refractivity contribution is -0.153. The van der Waals surface area contributed by atoms with Crippen LogP contribution in [0.4, 0.5) is 0 Å². The van der Waals surface area contributed by atoms with E-state index >= 15 is 0 Å². The molecule has 0 saturated carbocycles. The summed E-state index contributed by atoms with van der Waals surface area (Å²) in [5.74, 6) is -1.54. The second kappa shape index (κ2) is 9.25. The number of esters is 1. The Kier molecular flexibility index (Phi) is 7.28. The lowest BCUT2D eigenvalue weighted by Crippen LogP contribution is -2.18. The van der Waals surface area contributed by atoms with Gasteiger partial charge in [-0.25, -0.2) is 9.59 Å². The topological polar surface area (TPSA) is 96.7 Å². The molecule has 2 aromatic rings. The molecule has 0 saturated heterocycles. The number of rotatable bonds is 4. The first kappa shape index (κ1) is 17.3. The van der Waals surface area contributed by atoms with Crippen molar-refractivity contribution < 1.29 is 24.5 Å². The molecule has 6 heteroatoms. The van der Waals surface area contributed by atoms with Gasteiger partial charge in [0.25, 0.3) is 0 Å². The second-order valence-corrected chi connectivity index (χ2v) is 4.32. The van der Waals surface area contributed by atoms with Gasteiger partial charge in [-0.05, 0) is 24.6 Å². The quantitative estimate of drug-likeness (QED) is 0.837. The molecule has 1 aromatic heterocycles. The zero-order valence-electron chi connectivity index (χ0n) is 12.0. The number of aliphatic hydroxyl groups excluding tert-OH is 1. The molecule has 0 aliphatic heterocycles. The number of aromatic nitrogens is 1. The van der Waals surface area contributed by atoms with Crippen LogP contribution >= 0.6 is 0 Å². The summed E-state index contributed by atoms with van der Waals surface area (Å²) in [6.45, 7) is 1.60. The number of pyridine rings is 1. The van der Waals surface area contributed by atoms with Crippen molar-refractivity contribution in [2.24, 2.45) is 0 Å². The number of carboxylic acids is 1. The van der Waals surface area contributed by atoms with E-state index in [1.807, 2.05) is 30.3 Å². The number of hydrogen-bond acceptors (Lipinski definition) is 5. The van der Waals surface area contributed by atoms with Crippen LogP contribution in [0.15, 0.2) is 54.9 Å². The summed E-state index contributed by atoms with van der Waals surface area (Å²) in [6.07, 6.45) is 1.79. The molecular weight excluding hydrogens is 286 g/mol. The minimum Gasteiger partial charge on any atom is -0.478 e. The highest BCUT2D eigenvalue weighted by atomic mass is 16.5. The summed E-state index contributed by atoms with van der Waals surface area (Å²) in [5.41, 5.74) is 1.13. The van der Waals surface area contributed by atoms with E-state index in [1.165, 1.54) is 25.4 Å². The third-order valence-electron chi connectivity index (χ3n) is 2.47. The van der Waals surface area contributed by atoms with Crippen LogP contribution < -0.4 is 0 Å². The summed E-state index contributed by atoms with van der Waals surface area (Å²) >= 11 is 0. The monoisotopic (exact) mass is 303 g/mol. The first-order valence-electron chi connectivity index (χ1n) is 6.52. The molecule has 1 aromatic carbocycles. The van der Waals surface area contributed by atoms with Crippen molar-refractivity contribution in [1.82, 2.24) is 4.98 Å². The Morgan fingerprint density at radius 3 is 2.32 bits per heavy atom. The van der Waals surface area contributed by atoms with Crippen molar-refractivity contribution in [1.29, 1.82) is 0 Å². The minimum absolute atomic E-state index is 0.213. The predicted molar refractivity (Wildman–Crippen MR) is 79.1 cm³/mol. The lowest BCUT2D eigenvalue weighted by atomic mass is 10.2. The number of aliphatic hydroxyl groups is 1. The largest absolute Gasteiger partial charge is 0.478 e. The highest BCUT2D eigenvalue weighted by molar-refractivity contribution is 5.86. The van der Waals surface area contributed by atoms with Gasteiger partial charge in [0.05, 0.1) is 5.56 Å². The van der Waals surface area contributed by atoms with E-state index in [0.717, 1.165) is 5.56 Å². The molecule has 22 heavy (non-hydrogen) atoms. The number of ether oxygens (including phenoxy) is 1. The van der Waals surface area contributed by atoms with Crippen molar-refractivity contribution in [2.45, 2.75) is 19.6 Å². The molecule has 6 nitrogen and oxygen atoms in total. The fraction of sp³-hybridized carbons (Fsp3) is 0.188. The standard InChI is InChI=1S/C10H12O3.C6H5NO2/c1-8(11)10(12)13-7-9-5-3-2-4-6-9;8-6(9)5-2-1-3-7-4-5/h2-6,8,11H,7H2,1H3;1-4H,(H,8,9). The van der Waals surface area contributed by atoms with Crippen LogP contribution in [0.3, 0.4) is 0 Å². The van der Waals surface area contributed by atoms with E-state index in [1.54, 1.807) is 6.07 Å². The zero-order chi connectivity index (χ0) is 16.4. The van der Waals surface area contributed by atoms with Gasteiger partial charge in [0.1, 0.15) is 12.7 Å². The molecule has 0 aliphatic carbocycles. The number of hydrogen-bond donors (Lipinski definition) is 2. The first-order chi connectivity index (χ1) is 10.5. The molecule has 1 heterocycles. The molecule has 0 fully saturated rings. The maximum atomic E-state index is 10.8. The number of carbonyl (C=O) groups excluding carboxylic acids is 1. The van der Waals surface area contributed by atoms with Gasteiger partial charge in [-0.2, -0.15) is 0 Å². The Labute approximate surface area is 128 Å². The Hall–Kier alpha value is -2.73. The first-order valence-corrected chi connectivity index (χ1v) is 6.52. The molecule has 1 atom stereocenters. The molecule has 0 aliphatic rings. The van der Waals surface area contributed by atoms with Gasteiger partial charge in [-0.1, -0.05) is 30.3 Å². The number of carbonyl (C=O) groups is 2. The Bertz CT molecular complexity index is 584. The number of carboxylic acid groups (broad SMARTS) is 1. The van der Waals surface area contributed by atoms with E-state index in [-0.39, 0.29) is 12.2 Å². The minimum atomic E-state index is -1.05. The summed E-state index contributed by atoms with van der Waals surface area (Å²) in [5, 5.41) is 17.2. The van der Waals surface area contributed by atoms with Crippen molar-refractivity contribution in [3.63, 3.8) is 0 Å². The summed E-state index contributed by atoms with van der Waals surface area (Å²) in [7, 11) is 0. The smallest absolute Gasteiger partial charge is 0.337 e. The van der Waals surface area contributed by atoms with E-state index in [4.69, 9.17) is 14.9 Å². The van der Waals surface area contributed by atoms with Crippen LogP contribution in [0, 0.1) is 0 Å². The number of nitrogens with zero attached hydrogens (tertiary/aromatic N) is 1. The van der Waals surface area contributed by atoms with E-state index < -0.39 is 18.0 Å². The maximum Gasteiger partial charge on any atom is 0.337 e. The third-order valence-corrected chi connectivity index (χ3v) is 2.47. The SMILES string of the molecule is CC(O)C(=O)OCc1ccccc1.O=C(O)c1cccnc1. The van der Waals surface area contributed by atoms with Gasteiger partial charge in [-0.15, -0.1) is 0 Å². The zero-order valence-corrected chi connectivity index (χ0v) is 12.0. The second-order valence-electron chi connectivity index (χ2n) is 4.32. The van der Waals surface area contributed by atoms with Gasteiger partial charge < -0.3 is 14.9 Å². The highest BCUT2D eigenvalue weighted by Gasteiger charge is 2.09. The molecule has 2 N–H and O–H groups in total. The van der Waals surface area contributed by atoms with Crippen LogP contribution in [0.5, 0.6) is 0 Å². The van der Waals surface area contributed by atoms with Crippen LogP contribution in [0.25, 0.3) is 0 Å². The molecule has 0 radical (unpaired) electrons. The van der Waals surface area contributed by atoms with Gasteiger partial charge in [-0.3, -0.25) is 4.98 Å². The maximum absolute atomic E-state index is 10.8. The van der Waals surface area contributed by atoms with Crippen LogP contribution in [0.2, 0.25) is 0 Å². The Morgan fingerprint density at radius 1 is 1.18 bits per heavy atom. The summed E-state index contributed by atoms with van der Waals surface area (Å²) in [4.78, 5) is 24.6. The van der Waals surface area contributed by atoms with Crippen LogP contribution in [0.1, 0.15) is 22.8 Å². The molecule has 0 amide bonds. The Morgan fingerprint density at radius 2 is 1.86 bits per heavy atom. The molecule has 116 valence electrons. The van der Waals surface area contributed by atoms with E-state index in [9.17, 15) is 9.59 Å². The summed E-state index contributed by atoms with van der Waals surface area (Å²) in [6, 6.07) is 12.4. The van der Waals surface area contributed by atoms with Crippen LogP contribution in [-0.2, 0) is 16.1 Å². The van der Waals surface area contributed by atoms with Gasteiger partial charge in [0.2, 0.25) is 0 Å². The molecule has 0 spiro atoms. The van der Waals surface area contributed by atoms with Crippen molar-refractivity contribution in [3.8, 4) is 0 Å². The predicted octanol–water partition coefficient (Wildman–Crippen LogP) is 1.89. The number of aromatic carboxylic acids is 1. The van der Waals surface area contributed by atoms with Gasteiger partial charge in [0, 0.05) is 12.4 Å². The van der Waals surface area contributed by atoms with Crippen molar-refractivity contribution in [2.75, 3.05) is 0 Å². The van der Waals surface area contributed by atoms with Crippen molar-refractivity contribution >= 4 is 11.9 Å². The fourth-order valence-electron chi connectivity index (χ4n) is 1.34. The molecule has 2 rings (SSSR count). The lowest BCUT2D eigenvalue weighted by Gasteiger charge is -2.05. The summed E-state index contributed by atoms with van der Waals surface area (Å²) < 4.78 is 4.80. The van der Waals surface area contributed by atoms with Crippen molar-refractivity contribution in [3.05, 3.63) is 66.0 Å². The third kappa shape index (κ3) is 6.62. The van der Waals surface area contributed by atoms with E-state index in [0.29, 0.717) is 0 Å². The fourth-order valence-corrected chi connectivity index (χ4v) is 1.34. The normalized spacial score (nSPS) is 10.8. The van der Waals surface area contributed by atoms with Gasteiger partial charge in [0.15, 0.2) is 0 Å². The average Bonchev–Trinajstić information content (AvgIpc) is 2.55. The molecule has 1 unspecified atom stereocenters.